The minimum absolute atomic E-state index is 0.0518. The molecule has 20 heavy (non-hydrogen) atoms. The first-order chi connectivity index (χ1) is 9.36. The molecule has 1 heterocycles. The summed E-state index contributed by atoms with van der Waals surface area (Å²) < 4.78 is 5.37. The molecule has 2 amide bonds. The van der Waals surface area contributed by atoms with Crippen LogP contribution in [-0.2, 0) is 9.53 Å². The highest BCUT2D eigenvalue weighted by atomic mass is 16.5. The van der Waals surface area contributed by atoms with Crippen LogP contribution in [-0.4, -0.2) is 54.4 Å². The Morgan fingerprint density at radius 3 is 2.35 bits per heavy atom. The van der Waals surface area contributed by atoms with Gasteiger partial charge in [0.15, 0.2) is 0 Å². The lowest BCUT2D eigenvalue weighted by Crippen LogP contribution is -2.63. The molecule has 1 saturated heterocycles. The molecule has 0 aromatic rings. The largest absolute Gasteiger partial charge is 0.481 e. The van der Waals surface area contributed by atoms with Crippen molar-refractivity contribution in [1.29, 1.82) is 0 Å². The van der Waals surface area contributed by atoms with Crippen molar-refractivity contribution in [3.8, 4) is 0 Å². The van der Waals surface area contributed by atoms with Gasteiger partial charge in [0.1, 0.15) is 0 Å². The first kappa shape index (κ1) is 15.1. The molecule has 0 aromatic heterocycles. The Labute approximate surface area is 119 Å². The average Bonchev–Trinajstić information content (AvgIpc) is 2.42. The van der Waals surface area contributed by atoms with E-state index in [0.717, 1.165) is 6.42 Å². The molecule has 0 spiro atoms. The van der Waals surface area contributed by atoms with Crippen LogP contribution in [0.3, 0.4) is 0 Å². The van der Waals surface area contributed by atoms with Crippen LogP contribution in [0.2, 0.25) is 0 Å². The van der Waals surface area contributed by atoms with Crippen molar-refractivity contribution in [2.75, 3.05) is 20.2 Å². The summed E-state index contributed by atoms with van der Waals surface area (Å²) in [5.74, 6) is -1.06. The first-order valence-electron chi connectivity index (χ1n) is 7.17. The van der Waals surface area contributed by atoms with Gasteiger partial charge in [-0.25, -0.2) is 4.79 Å². The molecule has 1 saturated carbocycles. The maximum atomic E-state index is 12.2. The summed E-state index contributed by atoms with van der Waals surface area (Å²) in [6.07, 6.45) is 2.10. The minimum Gasteiger partial charge on any atom is -0.481 e. The third-order valence-electron chi connectivity index (χ3n) is 4.89. The summed E-state index contributed by atoms with van der Waals surface area (Å²) in [6, 6.07) is 0.0404. The van der Waals surface area contributed by atoms with Crippen molar-refractivity contribution in [1.82, 2.24) is 10.2 Å². The second-order valence-corrected chi connectivity index (χ2v) is 6.38. The summed E-state index contributed by atoms with van der Waals surface area (Å²) in [7, 11) is 1.70. The van der Waals surface area contributed by atoms with Gasteiger partial charge in [0, 0.05) is 31.7 Å². The minimum atomic E-state index is -0.756. The molecular weight excluding hydrogens is 260 g/mol. The summed E-state index contributed by atoms with van der Waals surface area (Å²) in [4.78, 5) is 24.8. The van der Waals surface area contributed by atoms with Gasteiger partial charge in [-0.1, -0.05) is 13.8 Å². The number of aliphatic carboxylic acids is 1. The van der Waals surface area contributed by atoms with Crippen molar-refractivity contribution in [2.24, 2.45) is 11.3 Å². The van der Waals surface area contributed by atoms with Gasteiger partial charge in [-0.2, -0.15) is 0 Å². The molecule has 2 rings (SSSR count). The zero-order valence-corrected chi connectivity index (χ0v) is 12.4. The summed E-state index contributed by atoms with van der Waals surface area (Å²) in [5.41, 5.74) is -0.0518. The van der Waals surface area contributed by atoms with Crippen LogP contribution in [0, 0.1) is 11.3 Å². The number of ether oxygens (including phenoxy) is 1. The lowest BCUT2D eigenvalue weighted by molar-refractivity contribution is -0.143. The molecule has 0 radical (unpaired) electrons. The number of carbonyl (C=O) groups excluding carboxylic acids is 1. The van der Waals surface area contributed by atoms with Gasteiger partial charge in [-0.15, -0.1) is 0 Å². The SMILES string of the molecule is COC1CC(NC(=O)N2CCC(C(=O)O)CC2)C1(C)C. The second kappa shape index (κ2) is 5.60. The lowest BCUT2D eigenvalue weighted by Gasteiger charge is -2.51. The van der Waals surface area contributed by atoms with Crippen LogP contribution < -0.4 is 5.32 Å². The Hall–Kier alpha value is -1.30. The highest BCUT2D eigenvalue weighted by Gasteiger charge is 2.49. The molecule has 0 aromatic carbocycles. The number of methoxy groups -OCH3 is 1. The van der Waals surface area contributed by atoms with Crippen molar-refractivity contribution in [3.63, 3.8) is 0 Å². The highest BCUT2D eigenvalue weighted by molar-refractivity contribution is 5.76. The number of hydrogen-bond acceptors (Lipinski definition) is 3. The molecular formula is C14H24N2O4. The van der Waals surface area contributed by atoms with Gasteiger partial charge < -0.3 is 20.1 Å². The molecule has 1 aliphatic carbocycles. The highest BCUT2D eigenvalue weighted by Crippen LogP contribution is 2.42. The Morgan fingerprint density at radius 1 is 1.30 bits per heavy atom. The zero-order chi connectivity index (χ0) is 14.9. The average molecular weight is 284 g/mol. The number of amides is 2. The van der Waals surface area contributed by atoms with Crippen LogP contribution in [0.15, 0.2) is 0 Å². The van der Waals surface area contributed by atoms with E-state index in [1.807, 2.05) is 0 Å². The van der Waals surface area contributed by atoms with Gasteiger partial charge in [0.05, 0.1) is 12.0 Å². The van der Waals surface area contributed by atoms with Crippen molar-refractivity contribution < 1.29 is 19.4 Å². The van der Waals surface area contributed by atoms with Crippen LogP contribution in [0.5, 0.6) is 0 Å². The van der Waals surface area contributed by atoms with Crippen LogP contribution >= 0.6 is 0 Å². The van der Waals surface area contributed by atoms with Gasteiger partial charge in [0.25, 0.3) is 0 Å². The number of carboxylic acids is 1. The number of carbonyl (C=O) groups is 2. The van der Waals surface area contributed by atoms with E-state index >= 15 is 0 Å². The van der Waals surface area contributed by atoms with E-state index in [2.05, 4.69) is 19.2 Å². The van der Waals surface area contributed by atoms with Gasteiger partial charge in [0.2, 0.25) is 0 Å². The Morgan fingerprint density at radius 2 is 1.90 bits per heavy atom. The molecule has 0 bridgehead atoms. The maximum Gasteiger partial charge on any atom is 0.317 e. The van der Waals surface area contributed by atoms with E-state index in [1.54, 1.807) is 12.0 Å². The molecule has 2 aliphatic rings. The summed E-state index contributed by atoms with van der Waals surface area (Å²) in [5, 5.41) is 12.0. The van der Waals surface area contributed by atoms with Crippen LogP contribution in [0.4, 0.5) is 4.79 Å². The third-order valence-corrected chi connectivity index (χ3v) is 4.89. The number of carboxylic acid groups (broad SMARTS) is 1. The monoisotopic (exact) mass is 284 g/mol. The van der Waals surface area contributed by atoms with E-state index in [4.69, 9.17) is 9.84 Å². The van der Waals surface area contributed by atoms with Crippen molar-refractivity contribution in [3.05, 3.63) is 0 Å². The molecule has 6 nitrogen and oxygen atoms in total. The zero-order valence-electron chi connectivity index (χ0n) is 12.4. The molecule has 1 aliphatic heterocycles. The predicted octanol–water partition coefficient (Wildman–Crippen LogP) is 1.31. The standard InChI is InChI=1S/C14H24N2O4/c1-14(2)10(8-11(14)20-3)15-13(19)16-6-4-9(5-7-16)12(17)18/h9-11H,4-8H2,1-3H3,(H,15,19)(H,17,18). The number of rotatable bonds is 3. The quantitative estimate of drug-likeness (QED) is 0.819. The Bertz CT molecular complexity index is 389. The third kappa shape index (κ3) is 2.75. The van der Waals surface area contributed by atoms with Crippen LogP contribution in [0.25, 0.3) is 0 Å². The molecule has 2 unspecified atom stereocenters. The topological polar surface area (TPSA) is 78.9 Å². The molecule has 2 atom stereocenters. The fraction of sp³-hybridized carbons (Fsp3) is 0.857. The number of nitrogens with zero attached hydrogens (tertiary/aromatic N) is 1. The summed E-state index contributed by atoms with van der Waals surface area (Å²) in [6.45, 7) is 5.21. The number of hydrogen-bond donors (Lipinski definition) is 2. The fourth-order valence-electron chi connectivity index (χ4n) is 3.10. The van der Waals surface area contributed by atoms with Gasteiger partial charge in [-0.05, 0) is 19.3 Å². The maximum absolute atomic E-state index is 12.2. The van der Waals surface area contributed by atoms with Crippen molar-refractivity contribution in [2.45, 2.75) is 45.3 Å². The Balaban J connectivity index is 1.81. The normalized spacial score (nSPS) is 29.6. The van der Waals surface area contributed by atoms with Crippen LogP contribution in [0.1, 0.15) is 33.1 Å². The first-order valence-corrected chi connectivity index (χ1v) is 7.17. The number of urea groups is 1. The fourth-order valence-corrected chi connectivity index (χ4v) is 3.10. The number of piperidine rings is 1. The number of nitrogens with one attached hydrogen (secondary N) is 1. The molecule has 6 heteroatoms. The number of likely N-dealkylation sites (tertiary alicyclic amines) is 1. The van der Waals surface area contributed by atoms with Gasteiger partial charge >= 0.3 is 12.0 Å². The van der Waals surface area contributed by atoms with E-state index in [-0.39, 0.29) is 29.5 Å². The van der Waals surface area contributed by atoms with E-state index in [1.165, 1.54) is 0 Å². The van der Waals surface area contributed by atoms with Gasteiger partial charge in [-0.3, -0.25) is 4.79 Å². The smallest absolute Gasteiger partial charge is 0.317 e. The van der Waals surface area contributed by atoms with E-state index < -0.39 is 5.97 Å². The second-order valence-electron chi connectivity index (χ2n) is 6.38. The van der Waals surface area contributed by atoms with Crippen molar-refractivity contribution >= 4 is 12.0 Å². The summed E-state index contributed by atoms with van der Waals surface area (Å²) >= 11 is 0. The Kier molecular flexibility index (Phi) is 4.22. The molecule has 114 valence electrons. The lowest BCUT2D eigenvalue weighted by atomic mass is 9.64. The molecule has 2 N–H and O–H groups in total. The predicted molar refractivity (Wildman–Crippen MR) is 73.4 cm³/mol. The molecule has 2 fully saturated rings. The van der Waals surface area contributed by atoms with E-state index in [0.29, 0.717) is 25.9 Å². The van der Waals surface area contributed by atoms with E-state index in [9.17, 15) is 9.59 Å².